The van der Waals surface area contributed by atoms with Gasteiger partial charge >= 0.3 is 0 Å². The summed E-state index contributed by atoms with van der Waals surface area (Å²) in [5, 5.41) is 25.2. The Bertz CT molecular complexity index is 916. The van der Waals surface area contributed by atoms with Gasteiger partial charge in [0.25, 0.3) is 5.91 Å². The molecule has 1 aliphatic heterocycles. The molecule has 5 nitrogen and oxygen atoms in total. The number of likely N-dealkylation sites (tertiary alicyclic amines) is 1. The number of phenolic OH excluding ortho intramolecular Hbond substituents is 1. The summed E-state index contributed by atoms with van der Waals surface area (Å²) in [4.78, 5) is 15.0. The van der Waals surface area contributed by atoms with Crippen LogP contribution in [-0.2, 0) is 5.41 Å². The Morgan fingerprint density at radius 3 is 2.73 bits per heavy atom. The molecular formula is C25H30N2O3. The average Bonchev–Trinajstić information content (AvgIpc) is 2.75. The van der Waals surface area contributed by atoms with Crippen LogP contribution in [0.25, 0.3) is 0 Å². The maximum absolute atomic E-state index is 12.8. The topological polar surface area (TPSA) is 72.8 Å². The molecule has 0 aromatic heterocycles. The Balaban J connectivity index is 1.63. The van der Waals surface area contributed by atoms with Crippen molar-refractivity contribution >= 4 is 5.91 Å². The number of aromatic hydroxyl groups is 1. The number of nitrogens with one attached hydrogen (secondary N) is 1. The van der Waals surface area contributed by atoms with Gasteiger partial charge in [-0.3, -0.25) is 9.69 Å². The minimum Gasteiger partial charge on any atom is -0.508 e. The summed E-state index contributed by atoms with van der Waals surface area (Å²) in [5.74, 6) is 0.120. The number of carbonyl (C=O) groups is 1. The minimum atomic E-state index is -0.921. The summed E-state index contributed by atoms with van der Waals surface area (Å²) in [6, 6.07) is 16.5. The van der Waals surface area contributed by atoms with Crippen molar-refractivity contribution in [1.82, 2.24) is 10.2 Å². The van der Waals surface area contributed by atoms with Crippen LogP contribution in [0, 0.1) is 0 Å². The normalized spacial score (nSPS) is 29.0. The number of phenols is 1. The number of rotatable bonds is 5. The van der Waals surface area contributed by atoms with Crippen molar-refractivity contribution in [2.45, 2.75) is 42.7 Å². The van der Waals surface area contributed by atoms with E-state index in [1.54, 1.807) is 12.1 Å². The van der Waals surface area contributed by atoms with Crippen LogP contribution in [0.3, 0.4) is 0 Å². The molecule has 2 aliphatic rings. The number of carbonyl (C=O) groups excluding carboxylic acids is 1. The van der Waals surface area contributed by atoms with E-state index in [0.29, 0.717) is 24.9 Å². The van der Waals surface area contributed by atoms with Gasteiger partial charge < -0.3 is 15.5 Å². The first kappa shape index (κ1) is 20.6. The number of hydrogen-bond acceptors (Lipinski definition) is 4. The summed E-state index contributed by atoms with van der Waals surface area (Å²) in [5.41, 5.74) is 0.152. The summed E-state index contributed by atoms with van der Waals surface area (Å²) in [6.45, 7) is 5.98. The maximum Gasteiger partial charge on any atom is 0.251 e. The van der Waals surface area contributed by atoms with Gasteiger partial charge in [-0.05, 0) is 62.1 Å². The van der Waals surface area contributed by atoms with Crippen molar-refractivity contribution in [3.8, 4) is 5.75 Å². The third kappa shape index (κ3) is 3.75. The molecule has 158 valence electrons. The standard InChI is InChI=1S/C25H30N2O3/c1-2-14-27-15-13-24(20-9-6-10-22(28)16-20)17-21(11-12-25(24,30)18-27)26-23(29)19-7-4-3-5-8-19/h2-10,16,21,28,30H,1,11-15,17-18H2,(H,26,29)/t21-,24+,25+/m1/s1. The number of amides is 1. The Morgan fingerprint density at radius 2 is 2.00 bits per heavy atom. The van der Waals surface area contributed by atoms with Gasteiger partial charge in [-0.25, -0.2) is 0 Å². The monoisotopic (exact) mass is 406 g/mol. The maximum atomic E-state index is 12.8. The quantitative estimate of drug-likeness (QED) is 0.667. The SMILES string of the molecule is C=CCN1CC[C@@]2(c3cccc(O)c3)C[C@H](NC(=O)c3ccccc3)CC[C@]2(O)C1. The van der Waals surface area contributed by atoms with Crippen molar-refractivity contribution in [2.75, 3.05) is 19.6 Å². The lowest BCUT2D eigenvalue weighted by Gasteiger charge is -2.58. The van der Waals surface area contributed by atoms with E-state index in [1.807, 2.05) is 48.5 Å². The third-order valence-corrected chi connectivity index (χ3v) is 6.89. The average molecular weight is 407 g/mol. The number of piperidine rings is 1. The van der Waals surface area contributed by atoms with Gasteiger partial charge in [0.1, 0.15) is 5.75 Å². The molecule has 3 N–H and O–H groups in total. The second-order valence-corrected chi connectivity index (χ2v) is 8.72. The molecule has 1 aliphatic carbocycles. The third-order valence-electron chi connectivity index (χ3n) is 6.89. The zero-order chi connectivity index (χ0) is 21.2. The molecule has 1 amide bonds. The molecular weight excluding hydrogens is 376 g/mol. The molecule has 0 bridgehead atoms. The van der Waals surface area contributed by atoms with Gasteiger partial charge in [0.2, 0.25) is 0 Å². The van der Waals surface area contributed by atoms with Crippen molar-refractivity contribution in [3.63, 3.8) is 0 Å². The molecule has 30 heavy (non-hydrogen) atoms. The van der Waals surface area contributed by atoms with E-state index in [0.717, 1.165) is 31.5 Å². The number of aliphatic hydroxyl groups is 1. The fourth-order valence-corrected chi connectivity index (χ4v) is 5.38. The second-order valence-electron chi connectivity index (χ2n) is 8.72. The molecule has 1 saturated carbocycles. The molecule has 2 aromatic carbocycles. The molecule has 4 rings (SSSR count). The van der Waals surface area contributed by atoms with Crippen LogP contribution in [0.4, 0.5) is 0 Å². The number of β-amino-alcohol motifs (C(OH)–C–C–N with tert-alkyl or cyclic N) is 1. The lowest BCUT2D eigenvalue weighted by Crippen LogP contribution is -2.67. The van der Waals surface area contributed by atoms with Crippen LogP contribution in [-0.4, -0.2) is 52.3 Å². The lowest BCUT2D eigenvalue weighted by molar-refractivity contribution is -0.123. The molecule has 2 aromatic rings. The van der Waals surface area contributed by atoms with Gasteiger partial charge in [-0.1, -0.05) is 36.4 Å². The van der Waals surface area contributed by atoms with E-state index in [1.165, 1.54) is 0 Å². The van der Waals surface area contributed by atoms with Gasteiger partial charge in [0.05, 0.1) is 5.60 Å². The molecule has 0 radical (unpaired) electrons. The molecule has 0 unspecified atom stereocenters. The second kappa shape index (κ2) is 8.25. The van der Waals surface area contributed by atoms with Crippen molar-refractivity contribution in [1.29, 1.82) is 0 Å². The summed E-state index contributed by atoms with van der Waals surface area (Å²) in [7, 11) is 0. The first-order valence-electron chi connectivity index (χ1n) is 10.7. The number of benzene rings is 2. The van der Waals surface area contributed by atoms with E-state index in [2.05, 4.69) is 16.8 Å². The highest BCUT2D eigenvalue weighted by atomic mass is 16.3. The minimum absolute atomic E-state index is 0.0358. The van der Waals surface area contributed by atoms with Crippen molar-refractivity contribution in [3.05, 3.63) is 78.4 Å². The van der Waals surface area contributed by atoms with E-state index >= 15 is 0 Å². The van der Waals surface area contributed by atoms with E-state index < -0.39 is 11.0 Å². The van der Waals surface area contributed by atoms with Crippen LogP contribution in [0.5, 0.6) is 5.75 Å². The van der Waals surface area contributed by atoms with Crippen LogP contribution < -0.4 is 5.32 Å². The Hall–Kier alpha value is -2.63. The van der Waals surface area contributed by atoms with Gasteiger partial charge in [-0.2, -0.15) is 0 Å². The van der Waals surface area contributed by atoms with Crippen LogP contribution >= 0.6 is 0 Å². The molecule has 0 spiro atoms. The van der Waals surface area contributed by atoms with E-state index in [9.17, 15) is 15.0 Å². The predicted octanol–water partition coefficient (Wildman–Crippen LogP) is 3.24. The fraction of sp³-hybridized carbons (Fsp3) is 0.400. The molecule has 2 fully saturated rings. The van der Waals surface area contributed by atoms with Crippen LogP contribution in [0.1, 0.15) is 41.6 Å². The Labute approximate surface area is 178 Å². The zero-order valence-corrected chi connectivity index (χ0v) is 17.3. The smallest absolute Gasteiger partial charge is 0.251 e. The van der Waals surface area contributed by atoms with E-state index in [-0.39, 0.29) is 17.7 Å². The zero-order valence-electron chi connectivity index (χ0n) is 17.3. The number of hydrogen-bond donors (Lipinski definition) is 3. The Morgan fingerprint density at radius 1 is 1.20 bits per heavy atom. The van der Waals surface area contributed by atoms with Crippen LogP contribution in [0.2, 0.25) is 0 Å². The summed E-state index contributed by atoms with van der Waals surface area (Å²) < 4.78 is 0. The fourth-order valence-electron chi connectivity index (χ4n) is 5.38. The first-order valence-corrected chi connectivity index (χ1v) is 10.7. The summed E-state index contributed by atoms with van der Waals surface area (Å²) in [6.07, 6.45) is 4.59. The number of fused-ring (bicyclic) bond motifs is 1. The highest BCUT2D eigenvalue weighted by Crippen LogP contribution is 2.52. The highest BCUT2D eigenvalue weighted by molar-refractivity contribution is 5.94. The van der Waals surface area contributed by atoms with Gasteiger partial charge in [0.15, 0.2) is 0 Å². The lowest BCUT2D eigenvalue weighted by atomic mass is 9.55. The van der Waals surface area contributed by atoms with Crippen molar-refractivity contribution in [2.24, 2.45) is 0 Å². The first-order chi connectivity index (χ1) is 14.5. The number of nitrogens with zero attached hydrogens (tertiary/aromatic N) is 1. The molecule has 3 atom stereocenters. The highest BCUT2D eigenvalue weighted by Gasteiger charge is 2.57. The Kier molecular flexibility index (Phi) is 5.67. The molecule has 1 heterocycles. The molecule has 5 heteroatoms. The predicted molar refractivity (Wildman–Crippen MR) is 118 cm³/mol. The summed E-state index contributed by atoms with van der Waals surface area (Å²) >= 11 is 0. The van der Waals surface area contributed by atoms with E-state index in [4.69, 9.17) is 0 Å². The largest absolute Gasteiger partial charge is 0.508 e. The van der Waals surface area contributed by atoms with Gasteiger partial charge in [0, 0.05) is 30.1 Å². The molecule has 1 saturated heterocycles. The van der Waals surface area contributed by atoms with Gasteiger partial charge in [-0.15, -0.1) is 6.58 Å². The van der Waals surface area contributed by atoms with Crippen molar-refractivity contribution < 1.29 is 15.0 Å². The van der Waals surface area contributed by atoms with Crippen LogP contribution in [0.15, 0.2) is 67.3 Å².